The zero-order valence-corrected chi connectivity index (χ0v) is 54.8. The molecule has 6 heterocycles. The summed E-state index contributed by atoms with van der Waals surface area (Å²) in [6.45, 7) is 8.75. The number of aldehydes is 1. The van der Waals surface area contributed by atoms with Crippen molar-refractivity contribution in [1.29, 1.82) is 0 Å². The second kappa shape index (κ2) is 28.7. The smallest absolute Gasteiger partial charge is 0.187 e. The SMILES string of the molecule is CC1(C)[C@@H](O[C@@H]2OC[C@H](O[C@@H]3O[C@H](CO)[C@@H](O)[C@H](O)[C@H]3O[C@@H]3OC[C@@H](O)[C@H](O)[C@H]3O)[C@H](O)[C@H]2O[C@@H]2O[C@H](CO)[C@@H](O)[C@H](O)[C@H]2O)CC[C@@]2(C)[C@H]1CC[C@]1(C)[C@H]2CC=C2[C@H]3C[C@@](C)(CO[C@@H]4O[C@H](CO)[C@@H](O)[C@H](O)[C@H]4O[C@@H]4O[C@H](CO)[C@@H](O)[C@H](O)[C@H]4O)CC[C@]3(C=O)[C@H](O)C[C@]21C. The monoisotopic (exact) mass is 1380 g/mol. The van der Waals surface area contributed by atoms with Gasteiger partial charge in [-0.1, -0.05) is 53.2 Å². The minimum Gasteiger partial charge on any atom is -0.394 e. The van der Waals surface area contributed by atoms with Crippen LogP contribution in [0.5, 0.6) is 0 Å². The van der Waals surface area contributed by atoms with Crippen LogP contribution in [-0.2, 0) is 61.6 Å². The third-order valence-corrected chi connectivity index (χ3v) is 25.1. The van der Waals surface area contributed by atoms with Gasteiger partial charge in [-0.2, -0.15) is 0 Å². The number of fused-ring (bicyclic) bond motifs is 7. The predicted octanol–water partition coefficient (Wildman–Crippen LogP) is -6.49. The molecule has 6 aliphatic heterocycles. The van der Waals surface area contributed by atoms with E-state index >= 15 is 0 Å². The van der Waals surface area contributed by atoms with Crippen LogP contribution in [0.25, 0.3) is 0 Å². The van der Waals surface area contributed by atoms with E-state index in [9.17, 15) is 102 Å². The average molecular weight is 1390 g/mol. The molecule has 0 bridgehead atoms. The highest BCUT2D eigenvalue weighted by Gasteiger charge is 2.71. The molecule has 5 aliphatic carbocycles. The Bertz CT molecular complexity index is 2660. The van der Waals surface area contributed by atoms with E-state index in [-0.39, 0.29) is 30.3 Å². The number of hydrogen-bond donors (Lipinski definition) is 19. The summed E-state index contributed by atoms with van der Waals surface area (Å²) in [6, 6.07) is 0. The second-order valence-corrected chi connectivity index (χ2v) is 30.8. The van der Waals surface area contributed by atoms with E-state index in [1.54, 1.807) is 0 Å². The van der Waals surface area contributed by atoms with Crippen LogP contribution in [0, 0.1) is 50.2 Å². The lowest BCUT2D eigenvalue weighted by Crippen LogP contribution is -2.68. The Labute approximate surface area is 555 Å². The van der Waals surface area contributed by atoms with Gasteiger partial charge in [-0.15, -0.1) is 0 Å². The highest BCUT2D eigenvalue weighted by atomic mass is 16.8. The van der Waals surface area contributed by atoms with Crippen molar-refractivity contribution >= 4 is 6.29 Å². The fraction of sp³-hybridized carbons (Fsp3) is 0.953. The fourth-order valence-corrected chi connectivity index (χ4v) is 19.0. The lowest BCUT2D eigenvalue weighted by Gasteiger charge is -2.71. The van der Waals surface area contributed by atoms with E-state index in [2.05, 4.69) is 40.7 Å². The maximum atomic E-state index is 13.7. The third-order valence-electron chi connectivity index (χ3n) is 25.1. The molecule has 6 saturated heterocycles. The number of allylic oxidation sites excluding steroid dienone is 2. The number of hydrogen-bond acceptors (Lipinski definition) is 32. The number of ether oxygens (including phenoxy) is 12. The van der Waals surface area contributed by atoms with Gasteiger partial charge in [0.05, 0.1) is 63.9 Å². The van der Waals surface area contributed by atoms with Crippen molar-refractivity contribution in [3.63, 3.8) is 0 Å². The molecular weight excluding hydrogens is 1280 g/mol. The largest absolute Gasteiger partial charge is 0.394 e. The van der Waals surface area contributed by atoms with Gasteiger partial charge in [-0.05, 0) is 103 Å². The van der Waals surface area contributed by atoms with Gasteiger partial charge in [-0.25, -0.2) is 0 Å². The first kappa shape index (κ1) is 75.3. The van der Waals surface area contributed by atoms with Crippen LogP contribution < -0.4 is 0 Å². The van der Waals surface area contributed by atoms with Crippen molar-refractivity contribution in [2.75, 3.05) is 46.2 Å². The first-order valence-corrected chi connectivity index (χ1v) is 33.8. The molecule has 32 nitrogen and oxygen atoms in total. The summed E-state index contributed by atoms with van der Waals surface area (Å²) < 4.78 is 72.8. The minimum atomic E-state index is -1.96. The van der Waals surface area contributed by atoms with Gasteiger partial charge >= 0.3 is 0 Å². The zero-order valence-electron chi connectivity index (χ0n) is 54.8. The quantitative estimate of drug-likeness (QED) is 0.0345. The Morgan fingerprint density at radius 1 is 0.479 bits per heavy atom. The van der Waals surface area contributed by atoms with E-state index in [0.29, 0.717) is 51.4 Å². The van der Waals surface area contributed by atoms with Crippen molar-refractivity contribution in [1.82, 2.24) is 0 Å². The van der Waals surface area contributed by atoms with Gasteiger partial charge in [0, 0.05) is 0 Å². The van der Waals surface area contributed by atoms with E-state index < -0.39 is 257 Å². The number of aliphatic hydroxyl groups excluding tert-OH is 19. The van der Waals surface area contributed by atoms with E-state index in [1.165, 1.54) is 0 Å². The van der Waals surface area contributed by atoms with Crippen molar-refractivity contribution in [2.24, 2.45) is 50.2 Å². The van der Waals surface area contributed by atoms with Gasteiger partial charge < -0.3 is 159 Å². The average Bonchev–Trinajstić information content (AvgIpc) is 0.674. The fourth-order valence-electron chi connectivity index (χ4n) is 19.0. The van der Waals surface area contributed by atoms with Gasteiger partial charge in [0.25, 0.3) is 0 Å². The molecule has 0 spiro atoms. The number of carbonyl (C=O) groups excluding carboxylic acids is 1. The van der Waals surface area contributed by atoms with Crippen molar-refractivity contribution in [2.45, 2.75) is 284 Å². The Balaban J connectivity index is 0.821. The standard InChI is InChI=1S/C64H104O32/c1-59(2)33-9-12-62(5)34(8-7-25-26-15-60(3,13-14-64(26,23-69)35(71)16-63(25,62)6)24-87-57-51(45(80)40(75)30(19-67)90-57)96-55-49(84)44(79)39(74)29(18-66)89-55)61(33,4)11-10-36(59)93-56-50(95-54-48(83)43(78)38(73)28(17-65)88-54)42(77)32(22-86-56)92-58-52(46(81)41(76)31(20-68)91-58)94-53-47(82)37(72)27(70)21-85-53/h7,23,26-58,65-68,70-84H,8-22,24H2,1-6H3/t26-,27-,28-,29-,30-,31-,32+,33+,34+,35-,36+,37+,38-,39-,40-,41-,42+,43+,44+,45+,46+,47-,48-,49-,50-,51-,52-,53+,54+,55+,56+,57-,58+,60+,61+,62-,63-,64-/m1/s1. The molecular formula is C64H104O32. The van der Waals surface area contributed by atoms with Crippen molar-refractivity contribution in [3.8, 4) is 0 Å². The molecule has 11 rings (SSSR count). The van der Waals surface area contributed by atoms with Crippen LogP contribution in [0.3, 0.4) is 0 Å². The molecule has 0 aromatic carbocycles. The topological polar surface area (TPSA) is 512 Å². The van der Waals surface area contributed by atoms with Gasteiger partial charge in [0.2, 0.25) is 0 Å². The summed E-state index contributed by atoms with van der Waals surface area (Å²) >= 11 is 0. The van der Waals surface area contributed by atoms with E-state index in [1.807, 2.05) is 6.92 Å². The maximum absolute atomic E-state index is 13.7. The Morgan fingerprint density at radius 2 is 0.979 bits per heavy atom. The summed E-state index contributed by atoms with van der Waals surface area (Å²) in [4.78, 5) is 13.7. The zero-order chi connectivity index (χ0) is 69.8. The molecule has 0 radical (unpaired) electrons. The summed E-state index contributed by atoms with van der Waals surface area (Å²) in [6.07, 6.45) is -41.6. The molecule has 19 N–H and O–H groups in total. The Hall–Kier alpha value is -1.83. The number of rotatable bonds is 18. The predicted molar refractivity (Wildman–Crippen MR) is 318 cm³/mol. The van der Waals surface area contributed by atoms with Crippen LogP contribution >= 0.6 is 0 Å². The van der Waals surface area contributed by atoms with Crippen molar-refractivity contribution < 1.29 is 159 Å². The van der Waals surface area contributed by atoms with Crippen LogP contribution in [-0.4, -0.2) is 334 Å². The Kier molecular flexibility index (Phi) is 22.5. The van der Waals surface area contributed by atoms with Gasteiger partial charge in [0.15, 0.2) is 37.7 Å². The minimum absolute atomic E-state index is 0.0229. The third kappa shape index (κ3) is 12.9. The molecule has 10 fully saturated rings. The molecule has 11 aliphatic rings. The molecule has 0 amide bonds. The molecule has 38 atom stereocenters. The second-order valence-electron chi connectivity index (χ2n) is 30.8. The highest BCUT2D eigenvalue weighted by Crippen LogP contribution is 2.76. The molecule has 96 heavy (non-hydrogen) atoms. The number of carbonyl (C=O) groups is 1. The van der Waals surface area contributed by atoms with E-state index in [0.717, 1.165) is 11.9 Å². The summed E-state index contributed by atoms with van der Waals surface area (Å²) in [5.74, 6) is -0.478. The van der Waals surface area contributed by atoms with Gasteiger partial charge in [0.1, 0.15) is 141 Å². The molecule has 32 heteroatoms. The van der Waals surface area contributed by atoms with Crippen LogP contribution in [0.2, 0.25) is 0 Å². The molecule has 552 valence electrons. The van der Waals surface area contributed by atoms with E-state index in [4.69, 9.17) is 56.8 Å². The van der Waals surface area contributed by atoms with Crippen LogP contribution in [0.15, 0.2) is 11.6 Å². The first-order valence-electron chi connectivity index (χ1n) is 33.8. The lowest BCUT2D eigenvalue weighted by atomic mass is 9.33. The van der Waals surface area contributed by atoms with Crippen LogP contribution in [0.1, 0.15) is 99.3 Å². The molecule has 0 aromatic heterocycles. The molecule has 0 unspecified atom stereocenters. The summed E-state index contributed by atoms with van der Waals surface area (Å²) in [5.41, 5.74) is -2.96. The maximum Gasteiger partial charge on any atom is 0.187 e. The Morgan fingerprint density at radius 3 is 1.54 bits per heavy atom. The first-order chi connectivity index (χ1) is 45.2. The normalized spacial score (nSPS) is 55.2. The summed E-state index contributed by atoms with van der Waals surface area (Å²) in [5, 5.41) is 206. The molecule has 0 aromatic rings. The lowest BCUT2D eigenvalue weighted by molar-refractivity contribution is -0.392. The highest BCUT2D eigenvalue weighted by molar-refractivity contribution is 5.64. The number of aliphatic hydroxyl groups is 19. The van der Waals surface area contributed by atoms with Crippen LogP contribution in [0.4, 0.5) is 0 Å². The van der Waals surface area contributed by atoms with Crippen molar-refractivity contribution in [3.05, 3.63) is 11.6 Å². The summed E-state index contributed by atoms with van der Waals surface area (Å²) in [7, 11) is 0. The van der Waals surface area contributed by atoms with Gasteiger partial charge in [-0.3, -0.25) is 0 Å². The molecule has 4 saturated carbocycles.